The lowest BCUT2D eigenvalue weighted by atomic mass is 10.1. The third kappa shape index (κ3) is 2.72. The predicted octanol–water partition coefficient (Wildman–Crippen LogP) is 2.48. The van der Waals surface area contributed by atoms with Crippen LogP contribution in [0.4, 0.5) is 5.69 Å². The maximum Gasteiger partial charge on any atom is 0.278 e. The lowest BCUT2D eigenvalue weighted by Crippen LogP contribution is -2.09. The number of benzene rings is 1. The fourth-order valence-electron chi connectivity index (χ4n) is 1.63. The van der Waals surface area contributed by atoms with Crippen LogP contribution >= 0.6 is 11.3 Å². The molecule has 1 heterocycles. The van der Waals surface area contributed by atoms with Crippen molar-refractivity contribution in [2.24, 2.45) is 0 Å². The summed E-state index contributed by atoms with van der Waals surface area (Å²) in [6.07, 6.45) is 0.835. The van der Waals surface area contributed by atoms with Crippen LogP contribution < -0.4 is 5.32 Å². The van der Waals surface area contributed by atoms with Gasteiger partial charge in [-0.3, -0.25) is 10.1 Å². The third-order valence-corrected chi connectivity index (χ3v) is 3.43. The van der Waals surface area contributed by atoms with Gasteiger partial charge in [0.05, 0.1) is 21.2 Å². The number of para-hydroxylation sites is 1. The van der Waals surface area contributed by atoms with Gasteiger partial charge in [0, 0.05) is 24.4 Å². The number of thiazole rings is 1. The Hall–Kier alpha value is -1.79. The summed E-state index contributed by atoms with van der Waals surface area (Å²) in [4.78, 5) is 15.0. The van der Waals surface area contributed by atoms with Gasteiger partial charge in [-0.25, -0.2) is 4.98 Å². The van der Waals surface area contributed by atoms with Crippen LogP contribution in [-0.2, 0) is 6.42 Å². The summed E-state index contributed by atoms with van der Waals surface area (Å²) >= 11 is 1.53. The second kappa shape index (κ2) is 5.70. The molecule has 0 unspecified atom stereocenters. The molecule has 5 nitrogen and oxygen atoms in total. The van der Waals surface area contributed by atoms with Crippen LogP contribution in [0, 0.1) is 10.1 Å². The van der Waals surface area contributed by atoms with E-state index in [-0.39, 0.29) is 10.6 Å². The van der Waals surface area contributed by atoms with Crippen molar-refractivity contribution in [3.63, 3.8) is 0 Å². The van der Waals surface area contributed by atoms with Gasteiger partial charge in [-0.2, -0.15) is 0 Å². The number of nitrogens with one attached hydrogen (secondary N) is 1. The number of likely N-dealkylation sites (N-methyl/N-ethyl adjacent to an activating group) is 1. The number of hydrogen-bond acceptors (Lipinski definition) is 5. The second-order valence-electron chi connectivity index (χ2n) is 3.75. The molecule has 1 aromatic heterocycles. The molecule has 0 radical (unpaired) electrons. The molecule has 0 aliphatic carbocycles. The van der Waals surface area contributed by atoms with Crippen LogP contribution in [0.3, 0.4) is 0 Å². The summed E-state index contributed by atoms with van der Waals surface area (Å²) in [5.41, 5.74) is 1.36. The highest BCUT2D eigenvalue weighted by Gasteiger charge is 2.16. The number of rotatable bonds is 5. The van der Waals surface area contributed by atoms with E-state index in [2.05, 4.69) is 10.3 Å². The van der Waals surface area contributed by atoms with Gasteiger partial charge in [-0.15, -0.1) is 11.3 Å². The quantitative estimate of drug-likeness (QED) is 0.664. The molecule has 94 valence electrons. The molecule has 2 aromatic rings. The summed E-state index contributed by atoms with van der Waals surface area (Å²) in [5, 5.41) is 16.9. The highest BCUT2D eigenvalue weighted by Crippen LogP contribution is 2.30. The number of nitro groups is 1. The minimum Gasteiger partial charge on any atom is -0.319 e. The second-order valence-corrected chi connectivity index (χ2v) is 4.70. The van der Waals surface area contributed by atoms with Crippen molar-refractivity contribution in [1.82, 2.24) is 10.3 Å². The average molecular weight is 263 g/mol. The Labute approximate surface area is 109 Å². The first-order valence-electron chi connectivity index (χ1n) is 5.55. The summed E-state index contributed by atoms with van der Waals surface area (Å²) in [6, 6.07) is 6.68. The fourth-order valence-corrected chi connectivity index (χ4v) is 2.43. The Bertz CT molecular complexity index is 554. The molecular formula is C12H13N3O2S. The fraction of sp³-hybridized carbons (Fsp3) is 0.250. The van der Waals surface area contributed by atoms with Gasteiger partial charge in [-0.1, -0.05) is 12.1 Å². The van der Waals surface area contributed by atoms with Gasteiger partial charge in [-0.05, 0) is 13.1 Å². The van der Waals surface area contributed by atoms with Crippen molar-refractivity contribution in [2.75, 3.05) is 13.6 Å². The Morgan fingerprint density at radius 2 is 2.22 bits per heavy atom. The van der Waals surface area contributed by atoms with E-state index in [1.54, 1.807) is 18.2 Å². The standard InChI is InChI=1S/C12H13N3O2S/c1-13-7-6-12-14-10(8-18-12)9-4-2-3-5-11(9)15(16)17/h2-5,8,13H,6-7H2,1H3. The van der Waals surface area contributed by atoms with E-state index in [4.69, 9.17) is 0 Å². The van der Waals surface area contributed by atoms with E-state index in [0.717, 1.165) is 18.0 Å². The largest absolute Gasteiger partial charge is 0.319 e. The van der Waals surface area contributed by atoms with E-state index in [1.165, 1.54) is 17.4 Å². The van der Waals surface area contributed by atoms with Gasteiger partial charge < -0.3 is 5.32 Å². The zero-order valence-corrected chi connectivity index (χ0v) is 10.7. The molecule has 18 heavy (non-hydrogen) atoms. The lowest BCUT2D eigenvalue weighted by molar-refractivity contribution is -0.384. The first-order valence-corrected chi connectivity index (χ1v) is 6.43. The Morgan fingerprint density at radius 3 is 2.94 bits per heavy atom. The zero-order chi connectivity index (χ0) is 13.0. The van der Waals surface area contributed by atoms with Crippen LogP contribution in [0.25, 0.3) is 11.3 Å². The Kier molecular flexibility index (Phi) is 4.01. The van der Waals surface area contributed by atoms with Gasteiger partial charge in [0.2, 0.25) is 0 Å². The molecule has 0 fully saturated rings. The Morgan fingerprint density at radius 1 is 1.44 bits per heavy atom. The van der Waals surface area contributed by atoms with E-state index in [9.17, 15) is 10.1 Å². The molecule has 1 aromatic carbocycles. The van der Waals surface area contributed by atoms with Crippen molar-refractivity contribution >= 4 is 17.0 Å². The maximum absolute atomic E-state index is 10.9. The predicted molar refractivity (Wildman–Crippen MR) is 71.8 cm³/mol. The molecule has 0 atom stereocenters. The van der Waals surface area contributed by atoms with E-state index < -0.39 is 0 Å². The molecule has 0 saturated heterocycles. The lowest BCUT2D eigenvalue weighted by Gasteiger charge is -1.98. The SMILES string of the molecule is CNCCc1nc(-c2ccccc2[N+](=O)[O-])cs1. The van der Waals surface area contributed by atoms with Crippen LogP contribution in [0.5, 0.6) is 0 Å². The van der Waals surface area contributed by atoms with Gasteiger partial charge in [0.15, 0.2) is 0 Å². The topological polar surface area (TPSA) is 68.1 Å². The molecule has 0 spiro atoms. The van der Waals surface area contributed by atoms with Crippen molar-refractivity contribution < 1.29 is 4.92 Å². The maximum atomic E-state index is 10.9. The molecule has 2 rings (SSSR count). The van der Waals surface area contributed by atoms with Crippen LogP contribution in [-0.4, -0.2) is 23.5 Å². The van der Waals surface area contributed by atoms with Crippen molar-refractivity contribution in [2.45, 2.75) is 6.42 Å². The summed E-state index contributed by atoms with van der Waals surface area (Å²) in [7, 11) is 1.89. The molecule has 0 aliphatic rings. The van der Waals surface area contributed by atoms with E-state index in [1.807, 2.05) is 12.4 Å². The molecule has 0 aliphatic heterocycles. The highest BCUT2D eigenvalue weighted by atomic mass is 32.1. The number of nitro benzene ring substituents is 1. The first kappa shape index (κ1) is 12.7. The third-order valence-electron chi connectivity index (χ3n) is 2.52. The average Bonchev–Trinajstić information content (AvgIpc) is 2.85. The van der Waals surface area contributed by atoms with Crippen molar-refractivity contribution in [3.05, 3.63) is 44.8 Å². The van der Waals surface area contributed by atoms with Crippen LogP contribution in [0.2, 0.25) is 0 Å². The molecule has 0 bridgehead atoms. The van der Waals surface area contributed by atoms with E-state index in [0.29, 0.717) is 11.3 Å². The molecular weight excluding hydrogens is 250 g/mol. The minimum absolute atomic E-state index is 0.1000. The Balaban J connectivity index is 2.31. The highest BCUT2D eigenvalue weighted by molar-refractivity contribution is 7.09. The van der Waals surface area contributed by atoms with Crippen molar-refractivity contribution in [3.8, 4) is 11.3 Å². The first-order chi connectivity index (χ1) is 8.72. The number of aromatic nitrogens is 1. The van der Waals surface area contributed by atoms with Gasteiger partial charge >= 0.3 is 0 Å². The molecule has 0 saturated carbocycles. The number of nitrogens with zero attached hydrogens (tertiary/aromatic N) is 2. The number of hydrogen-bond donors (Lipinski definition) is 1. The monoisotopic (exact) mass is 263 g/mol. The summed E-state index contributed by atoms with van der Waals surface area (Å²) < 4.78 is 0. The van der Waals surface area contributed by atoms with E-state index >= 15 is 0 Å². The minimum atomic E-state index is -0.373. The normalized spacial score (nSPS) is 10.5. The van der Waals surface area contributed by atoms with Crippen molar-refractivity contribution in [1.29, 1.82) is 0 Å². The smallest absolute Gasteiger partial charge is 0.278 e. The molecule has 6 heteroatoms. The molecule has 1 N–H and O–H groups in total. The van der Waals surface area contributed by atoms with Crippen LogP contribution in [0.15, 0.2) is 29.6 Å². The van der Waals surface area contributed by atoms with Gasteiger partial charge in [0.1, 0.15) is 0 Å². The van der Waals surface area contributed by atoms with Gasteiger partial charge in [0.25, 0.3) is 5.69 Å². The summed E-state index contributed by atoms with van der Waals surface area (Å²) in [5.74, 6) is 0. The zero-order valence-electron chi connectivity index (χ0n) is 9.92. The summed E-state index contributed by atoms with van der Waals surface area (Å²) in [6.45, 7) is 0.851. The molecule has 0 amide bonds. The van der Waals surface area contributed by atoms with Crippen LogP contribution in [0.1, 0.15) is 5.01 Å².